The van der Waals surface area contributed by atoms with Crippen molar-refractivity contribution in [2.45, 2.75) is 12.8 Å². The minimum atomic E-state index is -0.118. The maximum absolute atomic E-state index is 12.2. The SMILES string of the molecule is O=C1c2ccccc2C(=O)[C@@H]2CC=CC[C@@H]12. The second kappa shape index (κ2) is 3.41. The molecular formula is C14H12O2. The van der Waals surface area contributed by atoms with Gasteiger partial charge in [-0.15, -0.1) is 0 Å². The highest BCUT2D eigenvalue weighted by Crippen LogP contribution is 2.36. The fraction of sp³-hybridized carbons (Fsp3) is 0.286. The van der Waals surface area contributed by atoms with Gasteiger partial charge in [-0.1, -0.05) is 36.4 Å². The number of carbonyl (C=O) groups excluding carboxylic acids is 2. The highest BCUT2D eigenvalue weighted by Gasteiger charge is 2.40. The lowest BCUT2D eigenvalue weighted by molar-refractivity contribution is 0.0729. The highest BCUT2D eigenvalue weighted by atomic mass is 16.1. The molecule has 2 aliphatic rings. The minimum absolute atomic E-state index is 0.118. The number of ketones is 2. The first-order valence-electron chi connectivity index (χ1n) is 5.61. The molecule has 0 aliphatic heterocycles. The molecule has 2 atom stereocenters. The molecule has 2 aliphatic carbocycles. The molecule has 0 heterocycles. The zero-order valence-corrected chi connectivity index (χ0v) is 8.85. The smallest absolute Gasteiger partial charge is 0.167 e. The Morgan fingerprint density at radius 2 is 1.25 bits per heavy atom. The molecule has 1 aromatic carbocycles. The first-order valence-corrected chi connectivity index (χ1v) is 5.61. The minimum Gasteiger partial charge on any atom is -0.294 e. The third-order valence-corrected chi connectivity index (χ3v) is 3.56. The van der Waals surface area contributed by atoms with Crippen molar-refractivity contribution in [3.05, 3.63) is 47.5 Å². The van der Waals surface area contributed by atoms with Gasteiger partial charge >= 0.3 is 0 Å². The molecule has 16 heavy (non-hydrogen) atoms. The van der Waals surface area contributed by atoms with Crippen molar-refractivity contribution in [3.8, 4) is 0 Å². The van der Waals surface area contributed by atoms with Crippen LogP contribution in [-0.4, -0.2) is 11.6 Å². The van der Waals surface area contributed by atoms with Crippen LogP contribution in [0.3, 0.4) is 0 Å². The fourth-order valence-corrected chi connectivity index (χ4v) is 2.71. The molecule has 2 nitrogen and oxygen atoms in total. The van der Waals surface area contributed by atoms with Crippen LogP contribution in [0.4, 0.5) is 0 Å². The van der Waals surface area contributed by atoms with Gasteiger partial charge in [-0.25, -0.2) is 0 Å². The average Bonchev–Trinajstić information content (AvgIpc) is 2.36. The van der Waals surface area contributed by atoms with Crippen LogP contribution in [0.5, 0.6) is 0 Å². The Balaban J connectivity index is 2.16. The molecule has 0 N–H and O–H groups in total. The van der Waals surface area contributed by atoms with Crippen molar-refractivity contribution in [2.75, 3.05) is 0 Å². The summed E-state index contributed by atoms with van der Waals surface area (Å²) >= 11 is 0. The standard InChI is InChI=1S/C14H12O2/c15-13-9-5-1-2-6-10(9)14(16)12-8-4-3-7-11(12)13/h1-6,11-12H,7-8H2/t11-,12-/m1/s1. The fourth-order valence-electron chi connectivity index (χ4n) is 2.71. The normalized spacial score (nSPS) is 27.5. The van der Waals surface area contributed by atoms with E-state index >= 15 is 0 Å². The van der Waals surface area contributed by atoms with Gasteiger partial charge < -0.3 is 0 Å². The molecule has 0 fully saturated rings. The Kier molecular flexibility index (Phi) is 2.03. The molecule has 0 amide bonds. The summed E-state index contributed by atoms with van der Waals surface area (Å²) in [5.74, 6) is 0.0499. The third-order valence-electron chi connectivity index (χ3n) is 3.56. The van der Waals surface area contributed by atoms with Crippen LogP contribution in [0.1, 0.15) is 33.6 Å². The van der Waals surface area contributed by atoms with E-state index in [0.29, 0.717) is 24.0 Å². The average molecular weight is 212 g/mol. The van der Waals surface area contributed by atoms with Gasteiger partial charge in [-0.3, -0.25) is 9.59 Å². The van der Waals surface area contributed by atoms with Crippen LogP contribution in [0.25, 0.3) is 0 Å². The van der Waals surface area contributed by atoms with Crippen molar-refractivity contribution in [1.82, 2.24) is 0 Å². The highest BCUT2D eigenvalue weighted by molar-refractivity contribution is 6.16. The number of hydrogen-bond donors (Lipinski definition) is 0. The van der Waals surface area contributed by atoms with E-state index in [1.165, 1.54) is 0 Å². The summed E-state index contributed by atoms with van der Waals surface area (Å²) in [7, 11) is 0. The van der Waals surface area contributed by atoms with E-state index in [-0.39, 0.29) is 23.4 Å². The van der Waals surface area contributed by atoms with Gasteiger partial charge in [0.2, 0.25) is 0 Å². The predicted octanol–water partition coefficient (Wildman–Crippen LogP) is 2.65. The second-order valence-corrected chi connectivity index (χ2v) is 4.43. The molecule has 1 aromatic rings. The number of rotatable bonds is 0. The Hall–Kier alpha value is -1.70. The molecule has 0 radical (unpaired) electrons. The Bertz CT molecular complexity index is 454. The Labute approximate surface area is 94.0 Å². The third kappa shape index (κ3) is 1.19. The quantitative estimate of drug-likeness (QED) is 0.619. The van der Waals surface area contributed by atoms with E-state index in [2.05, 4.69) is 0 Å². The second-order valence-electron chi connectivity index (χ2n) is 4.43. The van der Waals surface area contributed by atoms with Gasteiger partial charge in [0.25, 0.3) is 0 Å². The van der Waals surface area contributed by atoms with Crippen molar-refractivity contribution in [1.29, 1.82) is 0 Å². The maximum atomic E-state index is 12.2. The van der Waals surface area contributed by atoms with Gasteiger partial charge in [0.15, 0.2) is 11.6 Å². The molecule has 0 saturated carbocycles. The van der Waals surface area contributed by atoms with E-state index in [1.54, 1.807) is 12.1 Å². The van der Waals surface area contributed by atoms with E-state index in [0.717, 1.165) is 0 Å². The van der Waals surface area contributed by atoms with Gasteiger partial charge in [-0.05, 0) is 12.8 Å². The summed E-state index contributed by atoms with van der Waals surface area (Å²) in [5, 5.41) is 0. The number of hydrogen-bond acceptors (Lipinski definition) is 2. The van der Waals surface area contributed by atoms with Crippen molar-refractivity contribution < 1.29 is 9.59 Å². The number of allylic oxidation sites excluding steroid dienone is 2. The van der Waals surface area contributed by atoms with Gasteiger partial charge in [0, 0.05) is 23.0 Å². The summed E-state index contributed by atoms with van der Waals surface area (Å²) in [6.07, 6.45) is 5.45. The van der Waals surface area contributed by atoms with E-state index < -0.39 is 0 Å². The summed E-state index contributed by atoms with van der Waals surface area (Å²) in [6, 6.07) is 7.18. The maximum Gasteiger partial charge on any atom is 0.167 e. The number of Topliss-reactive ketones (excluding diaryl/α,β-unsaturated/α-hetero) is 2. The van der Waals surface area contributed by atoms with Gasteiger partial charge in [-0.2, -0.15) is 0 Å². The van der Waals surface area contributed by atoms with Gasteiger partial charge in [0.1, 0.15) is 0 Å². The molecule has 0 spiro atoms. The van der Waals surface area contributed by atoms with Crippen LogP contribution in [0.2, 0.25) is 0 Å². The molecule has 0 aromatic heterocycles. The first-order chi connectivity index (χ1) is 7.79. The lowest BCUT2D eigenvalue weighted by Gasteiger charge is -2.31. The molecular weight excluding hydrogens is 200 g/mol. The Morgan fingerprint density at radius 3 is 1.69 bits per heavy atom. The van der Waals surface area contributed by atoms with E-state index in [1.807, 2.05) is 24.3 Å². The zero-order chi connectivity index (χ0) is 11.1. The van der Waals surface area contributed by atoms with E-state index in [4.69, 9.17) is 0 Å². The zero-order valence-electron chi connectivity index (χ0n) is 8.85. The predicted molar refractivity (Wildman–Crippen MR) is 60.5 cm³/mol. The first kappa shape index (κ1) is 9.52. The molecule has 2 heteroatoms. The van der Waals surface area contributed by atoms with Crippen molar-refractivity contribution in [2.24, 2.45) is 11.8 Å². The van der Waals surface area contributed by atoms with Gasteiger partial charge in [0.05, 0.1) is 0 Å². The van der Waals surface area contributed by atoms with Crippen LogP contribution < -0.4 is 0 Å². The number of benzene rings is 1. The van der Waals surface area contributed by atoms with Crippen molar-refractivity contribution in [3.63, 3.8) is 0 Å². The number of carbonyl (C=O) groups is 2. The van der Waals surface area contributed by atoms with E-state index in [9.17, 15) is 9.59 Å². The lowest BCUT2D eigenvalue weighted by atomic mass is 9.69. The molecule has 0 bridgehead atoms. The van der Waals surface area contributed by atoms with Crippen LogP contribution >= 0.6 is 0 Å². The molecule has 80 valence electrons. The van der Waals surface area contributed by atoms with Crippen molar-refractivity contribution >= 4 is 11.6 Å². The summed E-state index contributed by atoms with van der Waals surface area (Å²) < 4.78 is 0. The molecule has 3 rings (SSSR count). The monoisotopic (exact) mass is 212 g/mol. The topological polar surface area (TPSA) is 34.1 Å². The van der Waals surface area contributed by atoms with Crippen LogP contribution in [-0.2, 0) is 0 Å². The Morgan fingerprint density at radius 1 is 0.812 bits per heavy atom. The number of fused-ring (bicyclic) bond motifs is 2. The summed E-state index contributed by atoms with van der Waals surface area (Å²) in [5.41, 5.74) is 1.23. The molecule has 0 unspecified atom stereocenters. The van der Waals surface area contributed by atoms with Crippen LogP contribution in [0, 0.1) is 11.8 Å². The summed E-state index contributed by atoms with van der Waals surface area (Å²) in [4.78, 5) is 24.4. The largest absolute Gasteiger partial charge is 0.294 e. The molecule has 0 saturated heterocycles. The van der Waals surface area contributed by atoms with Crippen LogP contribution in [0.15, 0.2) is 36.4 Å². The lowest BCUT2D eigenvalue weighted by Crippen LogP contribution is -2.37. The summed E-state index contributed by atoms with van der Waals surface area (Å²) in [6.45, 7) is 0.